The van der Waals surface area contributed by atoms with Crippen LogP contribution in [0.5, 0.6) is 0 Å². The lowest BCUT2D eigenvalue weighted by molar-refractivity contribution is -0.116. The first kappa shape index (κ1) is 21.5. The van der Waals surface area contributed by atoms with E-state index in [4.69, 9.17) is 4.74 Å². The third-order valence-corrected chi connectivity index (χ3v) is 7.24. The largest absolute Gasteiger partial charge is 0.379 e. The second-order valence-corrected chi connectivity index (χ2v) is 9.23. The molecule has 0 atom stereocenters. The molecule has 1 aromatic heterocycles. The molecule has 3 rings (SSSR count). The van der Waals surface area contributed by atoms with Gasteiger partial charge in [-0.25, -0.2) is 8.42 Å². The van der Waals surface area contributed by atoms with Crippen LogP contribution in [-0.2, 0) is 26.1 Å². The third-order valence-electron chi connectivity index (χ3n) is 5.09. The van der Waals surface area contributed by atoms with Crippen molar-refractivity contribution < 1.29 is 17.9 Å². The molecule has 2 aromatic rings. The standard InChI is InChI=1S/C20H28N4O4S/c1-14-5-6-18(15(2)13-14)21-19(25)7-8-24-17(4)20(16(3)22-24)29(26,27)23-9-11-28-12-10-23/h5-6,13H,7-12H2,1-4H3,(H,21,25). The van der Waals surface area contributed by atoms with E-state index in [1.807, 2.05) is 32.0 Å². The van der Waals surface area contributed by atoms with Crippen LogP contribution in [0.2, 0.25) is 0 Å². The number of aromatic nitrogens is 2. The highest BCUT2D eigenvalue weighted by Gasteiger charge is 2.32. The van der Waals surface area contributed by atoms with Gasteiger partial charge in [-0.05, 0) is 39.3 Å². The Bertz CT molecular complexity index is 1010. The summed E-state index contributed by atoms with van der Waals surface area (Å²) in [5.74, 6) is -0.137. The van der Waals surface area contributed by atoms with Crippen LogP contribution in [0.15, 0.2) is 23.1 Å². The Morgan fingerprint density at radius 3 is 2.52 bits per heavy atom. The summed E-state index contributed by atoms with van der Waals surface area (Å²) < 4.78 is 34.3. The van der Waals surface area contributed by atoms with E-state index in [1.54, 1.807) is 18.5 Å². The Kier molecular flexibility index (Phi) is 6.40. The second kappa shape index (κ2) is 8.64. The van der Waals surface area contributed by atoms with Gasteiger partial charge in [0.15, 0.2) is 0 Å². The highest BCUT2D eigenvalue weighted by atomic mass is 32.2. The average Bonchev–Trinajstić information content (AvgIpc) is 2.97. The van der Waals surface area contributed by atoms with Crippen molar-refractivity contribution in [1.82, 2.24) is 14.1 Å². The van der Waals surface area contributed by atoms with Gasteiger partial charge in [-0.1, -0.05) is 17.7 Å². The topological polar surface area (TPSA) is 93.5 Å². The monoisotopic (exact) mass is 420 g/mol. The predicted octanol–water partition coefficient (Wildman–Crippen LogP) is 2.17. The minimum Gasteiger partial charge on any atom is -0.379 e. The summed E-state index contributed by atoms with van der Waals surface area (Å²) in [6.45, 7) is 9.14. The zero-order valence-electron chi connectivity index (χ0n) is 17.4. The summed E-state index contributed by atoms with van der Waals surface area (Å²) in [7, 11) is -3.63. The predicted molar refractivity (Wildman–Crippen MR) is 110 cm³/mol. The van der Waals surface area contributed by atoms with Crippen LogP contribution in [0.4, 0.5) is 5.69 Å². The first-order valence-corrected chi connectivity index (χ1v) is 11.1. The average molecular weight is 421 g/mol. The SMILES string of the molecule is Cc1ccc(NC(=O)CCn2nc(C)c(S(=O)(=O)N3CCOCC3)c2C)c(C)c1. The van der Waals surface area contributed by atoms with E-state index in [9.17, 15) is 13.2 Å². The molecule has 1 N–H and O–H groups in total. The summed E-state index contributed by atoms with van der Waals surface area (Å²) in [5.41, 5.74) is 3.92. The molecule has 0 aliphatic carbocycles. The van der Waals surface area contributed by atoms with E-state index in [1.165, 1.54) is 4.31 Å². The van der Waals surface area contributed by atoms with Gasteiger partial charge < -0.3 is 10.1 Å². The van der Waals surface area contributed by atoms with Gasteiger partial charge in [0, 0.05) is 25.2 Å². The first-order valence-electron chi connectivity index (χ1n) is 9.69. The van der Waals surface area contributed by atoms with Crippen LogP contribution in [0.25, 0.3) is 0 Å². The summed E-state index contributed by atoms with van der Waals surface area (Å²) in [4.78, 5) is 12.6. The lowest BCUT2D eigenvalue weighted by Crippen LogP contribution is -2.41. The van der Waals surface area contributed by atoms with Crippen LogP contribution in [0.3, 0.4) is 0 Å². The van der Waals surface area contributed by atoms with Crippen molar-refractivity contribution in [2.24, 2.45) is 0 Å². The number of ether oxygens (including phenoxy) is 1. The lowest BCUT2D eigenvalue weighted by Gasteiger charge is -2.26. The smallest absolute Gasteiger partial charge is 0.246 e. The molecule has 29 heavy (non-hydrogen) atoms. The minimum atomic E-state index is -3.63. The van der Waals surface area contributed by atoms with Crippen molar-refractivity contribution in [2.45, 2.75) is 45.6 Å². The molecule has 1 aliphatic heterocycles. The number of benzene rings is 1. The van der Waals surface area contributed by atoms with Crippen LogP contribution in [-0.4, -0.2) is 54.7 Å². The molecule has 158 valence electrons. The number of anilines is 1. The summed E-state index contributed by atoms with van der Waals surface area (Å²) in [6.07, 6.45) is 0.201. The molecule has 0 unspecified atom stereocenters. The number of morpholine rings is 1. The molecule has 2 heterocycles. The molecule has 0 spiro atoms. The maximum absolute atomic E-state index is 13.0. The van der Waals surface area contributed by atoms with Gasteiger partial charge in [0.1, 0.15) is 4.90 Å². The van der Waals surface area contributed by atoms with Gasteiger partial charge in [-0.15, -0.1) is 0 Å². The maximum Gasteiger partial charge on any atom is 0.246 e. The van der Waals surface area contributed by atoms with Crippen molar-refractivity contribution in [1.29, 1.82) is 0 Å². The van der Waals surface area contributed by atoms with E-state index >= 15 is 0 Å². The lowest BCUT2D eigenvalue weighted by atomic mass is 10.1. The number of carbonyl (C=O) groups excluding carboxylic acids is 1. The number of carbonyl (C=O) groups is 1. The highest BCUT2D eigenvalue weighted by molar-refractivity contribution is 7.89. The van der Waals surface area contributed by atoms with Crippen LogP contribution >= 0.6 is 0 Å². The van der Waals surface area contributed by atoms with Gasteiger partial charge in [0.2, 0.25) is 15.9 Å². The van der Waals surface area contributed by atoms with Gasteiger partial charge in [-0.2, -0.15) is 9.40 Å². The Labute approximate surface area is 171 Å². The molecule has 0 radical (unpaired) electrons. The highest BCUT2D eigenvalue weighted by Crippen LogP contribution is 2.24. The molecule has 0 bridgehead atoms. The number of aryl methyl sites for hydroxylation is 4. The molecule has 1 fully saturated rings. The molecule has 0 saturated carbocycles. The molecule has 1 aromatic carbocycles. The van der Waals surface area contributed by atoms with Crippen molar-refractivity contribution in [3.05, 3.63) is 40.7 Å². The quantitative estimate of drug-likeness (QED) is 0.773. The summed E-state index contributed by atoms with van der Waals surface area (Å²) in [6, 6.07) is 5.85. The van der Waals surface area contributed by atoms with Gasteiger partial charge >= 0.3 is 0 Å². The number of nitrogens with zero attached hydrogens (tertiary/aromatic N) is 3. The minimum absolute atomic E-state index is 0.137. The van der Waals surface area contributed by atoms with E-state index in [0.29, 0.717) is 44.2 Å². The Hall–Kier alpha value is -2.23. The molecular weight excluding hydrogens is 392 g/mol. The van der Waals surface area contributed by atoms with Crippen LogP contribution in [0.1, 0.15) is 28.9 Å². The number of nitrogens with one attached hydrogen (secondary N) is 1. The van der Waals surface area contributed by atoms with Crippen molar-refractivity contribution >= 4 is 21.6 Å². The number of sulfonamides is 1. The Morgan fingerprint density at radius 2 is 1.86 bits per heavy atom. The van der Waals surface area contributed by atoms with Gasteiger partial charge in [0.25, 0.3) is 0 Å². The first-order chi connectivity index (χ1) is 13.7. The molecule has 8 nitrogen and oxygen atoms in total. The fourth-order valence-corrected chi connectivity index (χ4v) is 5.34. The molecule has 9 heteroatoms. The molecule has 1 amide bonds. The number of hydrogen-bond acceptors (Lipinski definition) is 5. The maximum atomic E-state index is 13.0. The molecule has 1 aliphatic rings. The van der Waals surface area contributed by atoms with Crippen LogP contribution in [0, 0.1) is 27.7 Å². The summed E-state index contributed by atoms with van der Waals surface area (Å²) >= 11 is 0. The van der Waals surface area contributed by atoms with E-state index in [-0.39, 0.29) is 17.2 Å². The Balaban J connectivity index is 1.70. The zero-order valence-corrected chi connectivity index (χ0v) is 18.2. The second-order valence-electron chi connectivity index (χ2n) is 7.36. The fourth-order valence-electron chi connectivity index (χ4n) is 3.56. The third kappa shape index (κ3) is 4.68. The number of hydrogen-bond donors (Lipinski definition) is 1. The van der Waals surface area contributed by atoms with Crippen molar-refractivity contribution in [3.8, 4) is 0 Å². The zero-order chi connectivity index (χ0) is 21.2. The number of rotatable bonds is 6. The van der Waals surface area contributed by atoms with E-state index < -0.39 is 10.0 Å². The number of amides is 1. The van der Waals surface area contributed by atoms with Crippen molar-refractivity contribution in [3.63, 3.8) is 0 Å². The Morgan fingerprint density at radius 1 is 1.17 bits per heavy atom. The fraction of sp³-hybridized carbons (Fsp3) is 0.500. The molecular formula is C20H28N4O4S. The summed E-state index contributed by atoms with van der Waals surface area (Å²) in [5, 5.41) is 7.29. The normalized spacial score (nSPS) is 15.4. The molecule has 1 saturated heterocycles. The van der Waals surface area contributed by atoms with E-state index in [0.717, 1.165) is 16.8 Å². The van der Waals surface area contributed by atoms with E-state index in [2.05, 4.69) is 10.4 Å². The van der Waals surface area contributed by atoms with Crippen molar-refractivity contribution in [2.75, 3.05) is 31.6 Å². The van der Waals surface area contributed by atoms with Crippen LogP contribution < -0.4 is 5.32 Å². The van der Waals surface area contributed by atoms with Gasteiger partial charge in [0.05, 0.1) is 31.1 Å². The van der Waals surface area contributed by atoms with Gasteiger partial charge in [-0.3, -0.25) is 9.48 Å².